The second-order valence-corrected chi connectivity index (χ2v) is 8.71. The second kappa shape index (κ2) is 7.57. The van der Waals surface area contributed by atoms with Crippen LogP contribution in [0.1, 0.15) is 13.3 Å². The third kappa shape index (κ3) is 4.22. The minimum absolute atomic E-state index is 0.0429. The van der Waals surface area contributed by atoms with E-state index in [2.05, 4.69) is 0 Å². The number of pyridine rings is 1. The molecule has 1 aromatic carbocycles. The third-order valence-corrected chi connectivity index (χ3v) is 6.49. The molecule has 1 atom stereocenters. The van der Waals surface area contributed by atoms with Crippen molar-refractivity contribution in [3.05, 3.63) is 58.5 Å². The van der Waals surface area contributed by atoms with Crippen molar-refractivity contribution in [1.82, 2.24) is 10.0 Å². The highest BCUT2D eigenvalue weighted by Crippen LogP contribution is 2.24. The number of rotatable bonds is 6. The van der Waals surface area contributed by atoms with Crippen LogP contribution in [0.4, 0.5) is 8.78 Å². The number of carbonyl (C=O) groups excluding carboxylic acids is 1. The molecule has 2 rings (SSSR count). The molecule has 0 saturated carbocycles. The summed E-state index contributed by atoms with van der Waals surface area (Å²) in [6.45, 7) is 1.00. The fourth-order valence-electron chi connectivity index (χ4n) is 2.50. The fourth-order valence-corrected chi connectivity index (χ4v) is 3.35. The lowest BCUT2D eigenvalue weighted by Crippen LogP contribution is -2.49. The number of hydrogen-bond acceptors (Lipinski definition) is 5. The highest BCUT2D eigenvalue weighted by molar-refractivity contribution is 7.92. The van der Waals surface area contributed by atoms with Crippen molar-refractivity contribution in [3.8, 4) is 11.1 Å². The summed E-state index contributed by atoms with van der Waals surface area (Å²) in [6, 6.07) is 5.51. The van der Waals surface area contributed by atoms with Gasteiger partial charge in [-0.25, -0.2) is 22.7 Å². The minimum atomic E-state index is -3.89. The smallest absolute Gasteiger partial charge is 0.264 e. The van der Waals surface area contributed by atoms with E-state index in [0.717, 1.165) is 29.9 Å². The van der Waals surface area contributed by atoms with Gasteiger partial charge in [0.05, 0.1) is 0 Å². The van der Waals surface area contributed by atoms with Crippen LogP contribution in [0.15, 0.2) is 41.3 Å². The van der Waals surface area contributed by atoms with Gasteiger partial charge in [0.25, 0.3) is 11.5 Å². The van der Waals surface area contributed by atoms with E-state index in [0.29, 0.717) is 6.07 Å². The average molecular weight is 400 g/mol. The lowest BCUT2D eigenvalue weighted by molar-refractivity contribution is -0.131. The zero-order valence-corrected chi connectivity index (χ0v) is 15.4. The Labute approximate surface area is 154 Å². The molecule has 7 nitrogen and oxygen atoms in total. The van der Waals surface area contributed by atoms with Gasteiger partial charge in [-0.05, 0) is 37.1 Å². The van der Waals surface area contributed by atoms with E-state index >= 15 is 0 Å². The molecule has 10 heteroatoms. The zero-order chi connectivity index (χ0) is 20.4. The van der Waals surface area contributed by atoms with E-state index in [1.807, 2.05) is 0 Å². The number of aryl methyl sites for hydroxylation is 1. The lowest BCUT2D eigenvalue weighted by atomic mass is 10.1. The number of hydrogen-bond donors (Lipinski definition) is 2. The molecule has 1 unspecified atom stereocenters. The minimum Gasteiger partial charge on any atom is -0.315 e. The lowest BCUT2D eigenvalue weighted by Gasteiger charge is -2.25. The first-order valence-corrected chi connectivity index (χ1v) is 9.69. The van der Waals surface area contributed by atoms with E-state index in [4.69, 9.17) is 5.21 Å². The normalized spacial score (nSPS) is 13.8. The number of nitrogens with one attached hydrogen (secondary N) is 1. The van der Waals surface area contributed by atoms with Gasteiger partial charge < -0.3 is 4.57 Å². The number of hydroxylamine groups is 1. The Morgan fingerprint density at radius 2 is 1.93 bits per heavy atom. The summed E-state index contributed by atoms with van der Waals surface area (Å²) in [5, 5.41) is 8.80. The Morgan fingerprint density at radius 3 is 2.44 bits per heavy atom. The molecule has 0 aliphatic carbocycles. The number of carbonyl (C=O) groups is 1. The summed E-state index contributed by atoms with van der Waals surface area (Å²) in [7, 11) is -3.89. The Hall–Kier alpha value is -2.59. The van der Waals surface area contributed by atoms with Crippen LogP contribution in [-0.2, 0) is 21.2 Å². The molecule has 0 radical (unpaired) electrons. The maximum atomic E-state index is 13.8. The molecular formula is C17H18F2N2O5S. The molecule has 0 bridgehead atoms. The standard InChI is InChI=1S/C17H18F2N2O5S/c1-17(16(23)20-24,27(2,25)26)6-8-21-7-5-11(9-15(21)22)13-4-3-12(18)10-14(13)19/h3-5,7,9-10,24H,6,8H2,1-2H3,(H,20,23). The Kier molecular flexibility index (Phi) is 5.81. The number of benzene rings is 1. The van der Waals surface area contributed by atoms with E-state index < -0.39 is 37.7 Å². The Morgan fingerprint density at radius 1 is 1.26 bits per heavy atom. The topological polar surface area (TPSA) is 105 Å². The first kappa shape index (κ1) is 20.7. The van der Waals surface area contributed by atoms with E-state index in [1.165, 1.54) is 23.8 Å². The van der Waals surface area contributed by atoms with Crippen molar-refractivity contribution in [3.63, 3.8) is 0 Å². The Balaban J connectivity index is 2.31. The molecule has 27 heavy (non-hydrogen) atoms. The maximum Gasteiger partial charge on any atom is 0.264 e. The van der Waals surface area contributed by atoms with Crippen LogP contribution in [-0.4, -0.2) is 35.1 Å². The van der Waals surface area contributed by atoms with E-state index in [-0.39, 0.29) is 24.1 Å². The zero-order valence-electron chi connectivity index (χ0n) is 14.6. The van der Waals surface area contributed by atoms with Crippen LogP contribution in [0.25, 0.3) is 11.1 Å². The third-order valence-electron chi connectivity index (χ3n) is 4.47. The number of nitrogens with zero attached hydrogens (tertiary/aromatic N) is 1. The second-order valence-electron chi connectivity index (χ2n) is 6.27. The summed E-state index contributed by atoms with van der Waals surface area (Å²) in [4.78, 5) is 24.1. The van der Waals surface area contributed by atoms with Gasteiger partial charge in [0.1, 0.15) is 11.6 Å². The van der Waals surface area contributed by atoms with Crippen molar-refractivity contribution in [2.75, 3.05) is 6.26 Å². The van der Waals surface area contributed by atoms with Crippen LogP contribution >= 0.6 is 0 Å². The molecule has 1 amide bonds. The maximum absolute atomic E-state index is 13.8. The van der Waals surface area contributed by atoms with Crippen LogP contribution in [0.3, 0.4) is 0 Å². The van der Waals surface area contributed by atoms with Gasteiger partial charge in [0.2, 0.25) is 0 Å². The summed E-state index contributed by atoms with van der Waals surface area (Å²) >= 11 is 0. The molecule has 1 aromatic heterocycles. The molecular weight excluding hydrogens is 382 g/mol. The SMILES string of the molecule is CC(CCn1ccc(-c2ccc(F)cc2F)cc1=O)(C(=O)NO)S(C)(=O)=O. The number of sulfone groups is 1. The number of halogens is 2. The molecule has 0 aliphatic rings. The number of aromatic nitrogens is 1. The molecule has 0 spiro atoms. The highest BCUT2D eigenvalue weighted by Gasteiger charge is 2.43. The van der Waals surface area contributed by atoms with Crippen LogP contribution < -0.4 is 11.0 Å². The van der Waals surface area contributed by atoms with Crippen molar-refractivity contribution in [1.29, 1.82) is 0 Å². The van der Waals surface area contributed by atoms with Gasteiger partial charge in [0, 0.05) is 36.7 Å². The van der Waals surface area contributed by atoms with Gasteiger partial charge >= 0.3 is 0 Å². The van der Waals surface area contributed by atoms with Crippen LogP contribution in [0.5, 0.6) is 0 Å². The quantitative estimate of drug-likeness (QED) is 0.565. The molecule has 2 aromatic rings. The van der Waals surface area contributed by atoms with Crippen LogP contribution in [0, 0.1) is 11.6 Å². The molecule has 0 saturated heterocycles. The van der Waals surface area contributed by atoms with Gasteiger partial charge in [-0.2, -0.15) is 0 Å². The fraction of sp³-hybridized carbons (Fsp3) is 0.294. The highest BCUT2D eigenvalue weighted by atomic mass is 32.2. The molecule has 1 heterocycles. The van der Waals surface area contributed by atoms with Gasteiger partial charge in [-0.1, -0.05) is 0 Å². The first-order chi connectivity index (χ1) is 12.5. The molecule has 0 aliphatic heterocycles. The van der Waals surface area contributed by atoms with E-state index in [9.17, 15) is 26.8 Å². The van der Waals surface area contributed by atoms with Gasteiger partial charge in [0.15, 0.2) is 14.6 Å². The summed E-state index contributed by atoms with van der Waals surface area (Å²) in [6.07, 6.45) is 1.90. The predicted molar refractivity (Wildman–Crippen MR) is 93.8 cm³/mol. The van der Waals surface area contributed by atoms with Gasteiger partial charge in [-0.3, -0.25) is 14.8 Å². The van der Waals surface area contributed by atoms with Crippen molar-refractivity contribution in [2.45, 2.75) is 24.6 Å². The number of amides is 1. The van der Waals surface area contributed by atoms with Gasteiger partial charge in [-0.15, -0.1) is 0 Å². The average Bonchev–Trinajstić information content (AvgIpc) is 2.58. The molecule has 2 N–H and O–H groups in total. The Bertz CT molecular complexity index is 1040. The summed E-state index contributed by atoms with van der Waals surface area (Å²) in [5.41, 5.74) is 1.04. The van der Waals surface area contributed by atoms with E-state index in [1.54, 1.807) is 0 Å². The first-order valence-electron chi connectivity index (χ1n) is 7.79. The van der Waals surface area contributed by atoms with Crippen molar-refractivity contribution in [2.24, 2.45) is 0 Å². The predicted octanol–water partition coefficient (Wildman–Crippen LogP) is 1.49. The largest absolute Gasteiger partial charge is 0.315 e. The monoisotopic (exact) mass is 400 g/mol. The van der Waals surface area contributed by atoms with Crippen molar-refractivity contribution >= 4 is 15.7 Å². The summed E-state index contributed by atoms with van der Waals surface area (Å²) in [5.74, 6) is -2.67. The molecule has 146 valence electrons. The summed E-state index contributed by atoms with van der Waals surface area (Å²) < 4.78 is 49.9. The molecule has 0 fully saturated rings. The van der Waals surface area contributed by atoms with Crippen LogP contribution in [0.2, 0.25) is 0 Å². The van der Waals surface area contributed by atoms with Crippen molar-refractivity contribution < 1.29 is 27.2 Å².